The Morgan fingerprint density at radius 3 is 2.75 bits per heavy atom. The van der Waals surface area contributed by atoms with E-state index in [-0.39, 0.29) is 0 Å². The molecular formula is C17H25NO2. The normalized spacial score (nSPS) is 21.8. The van der Waals surface area contributed by atoms with Gasteiger partial charge in [0.1, 0.15) is 5.75 Å². The summed E-state index contributed by atoms with van der Waals surface area (Å²) in [7, 11) is 0. The van der Waals surface area contributed by atoms with Crippen LogP contribution >= 0.6 is 0 Å². The highest BCUT2D eigenvalue weighted by Gasteiger charge is 2.37. The minimum atomic E-state index is -0.705. The van der Waals surface area contributed by atoms with Gasteiger partial charge in [-0.1, -0.05) is 32.0 Å². The second-order valence-corrected chi connectivity index (χ2v) is 6.62. The van der Waals surface area contributed by atoms with Crippen LogP contribution in [0.5, 0.6) is 5.75 Å². The summed E-state index contributed by atoms with van der Waals surface area (Å²) < 4.78 is 5.77. The van der Waals surface area contributed by atoms with Gasteiger partial charge in [-0.05, 0) is 24.3 Å². The third kappa shape index (κ3) is 2.57. The number of likely N-dealkylation sites (tertiary alicyclic amines) is 1. The Morgan fingerprint density at radius 1 is 1.30 bits per heavy atom. The molecule has 0 aromatic heterocycles. The zero-order chi connectivity index (χ0) is 14.2. The van der Waals surface area contributed by atoms with Crippen LogP contribution in [0.1, 0.15) is 37.8 Å². The van der Waals surface area contributed by atoms with E-state index in [2.05, 4.69) is 30.9 Å². The summed E-state index contributed by atoms with van der Waals surface area (Å²) in [6.45, 7) is 8.31. The average molecular weight is 275 g/mol. The van der Waals surface area contributed by atoms with Crippen molar-refractivity contribution in [3.63, 3.8) is 0 Å². The van der Waals surface area contributed by atoms with Crippen molar-refractivity contribution in [2.45, 2.75) is 38.7 Å². The monoisotopic (exact) mass is 275 g/mol. The van der Waals surface area contributed by atoms with Crippen molar-refractivity contribution in [2.24, 2.45) is 5.92 Å². The third-order valence-corrected chi connectivity index (χ3v) is 4.52. The lowest BCUT2D eigenvalue weighted by atomic mass is 9.83. The van der Waals surface area contributed by atoms with Crippen molar-refractivity contribution < 1.29 is 9.84 Å². The smallest absolute Gasteiger partial charge is 0.128 e. The number of aliphatic hydroxyl groups is 1. The molecule has 2 aliphatic rings. The predicted molar refractivity (Wildman–Crippen MR) is 80.0 cm³/mol. The van der Waals surface area contributed by atoms with Gasteiger partial charge in [0.05, 0.1) is 12.2 Å². The fourth-order valence-electron chi connectivity index (χ4n) is 3.47. The molecular weight excluding hydrogens is 250 g/mol. The summed E-state index contributed by atoms with van der Waals surface area (Å²) in [6, 6.07) is 6.21. The minimum Gasteiger partial charge on any atom is -0.493 e. The SMILES string of the molecule is CC(C)CN1CCC(O)(c2cccc3c2OCC3)CC1. The summed E-state index contributed by atoms with van der Waals surface area (Å²) in [5, 5.41) is 11.1. The lowest BCUT2D eigenvalue weighted by Crippen LogP contribution is -2.43. The molecule has 0 unspecified atom stereocenters. The highest BCUT2D eigenvalue weighted by atomic mass is 16.5. The Balaban J connectivity index is 1.76. The molecule has 1 N–H and O–H groups in total. The van der Waals surface area contributed by atoms with Crippen molar-refractivity contribution in [1.29, 1.82) is 0 Å². The molecule has 1 aromatic carbocycles. The number of hydrogen-bond acceptors (Lipinski definition) is 3. The van der Waals surface area contributed by atoms with Crippen LogP contribution in [0.4, 0.5) is 0 Å². The number of ether oxygens (including phenoxy) is 1. The Kier molecular flexibility index (Phi) is 3.74. The maximum Gasteiger partial charge on any atom is 0.128 e. The first-order valence-corrected chi connectivity index (χ1v) is 7.78. The first-order valence-electron chi connectivity index (χ1n) is 7.78. The Labute approximate surface area is 121 Å². The van der Waals surface area contributed by atoms with Gasteiger partial charge in [-0.25, -0.2) is 0 Å². The molecule has 0 amide bonds. The molecule has 0 atom stereocenters. The van der Waals surface area contributed by atoms with Gasteiger partial charge in [-0.15, -0.1) is 0 Å². The van der Waals surface area contributed by atoms with Gasteiger partial charge in [-0.2, -0.15) is 0 Å². The maximum absolute atomic E-state index is 11.1. The third-order valence-electron chi connectivity index (χ3n) is 4.52. The van der Waals surface area contributed by atoms with E-state index in [0.717, 1.165) is 56.8 Å². The van der Waals surface area contributed by atoms with Crippen LogP contribution in [0.25, 0.3) is 0 Å². The molecule has 3 heteroatoms. The molecule has 0 radical (unpaired) electrons. The maximum atomic E-state index is 11.1. The summed E-state index contributed by atoms with van der Waals surface area (Å²) >= 11 is 0. The van der Waals surface area contributed by atoms with Gasteiger partial charge in [0.15, 0.2) is 0 Å². The average Bonchev–Trinajstić information content (AvgIpc) is 2.89. The summed E-state index contributed by atoms with van der Waals surface area (Å²) in [4.78, 5) is 2.46. The Hall–Kier alpha value is -1.06. The second kappa shape index (κ2) is 5.38. The highest BCUT2D eigenvalue weighted by molar-refractivity contribution is 5.47. The molecule has 110 valence electrons. The molecule has 3 rings (SSSR count). The van der Waals surface area contributed by atoms with Crippen molar-refractivity contribution in [3.8, 4) is 5.75 Å². The molecule has 0 bridgehead atoms. The van der Waals surface area contributed by atoms with Gasteiger partial charge in [0, 0.05) is 31.6 Å². The summed E-state index contributed by atoms with van der Waals surface area (Å²) in [6.07, 6.45) is 2.58. The van der Waals surface area contributed by atoms with Gasteiger partial charge in [0.2, 0.25) is 0 Å². The second-order valence-electron chi connectivity index (χ2n) is 6.62. The van der Waals surface area contributed by atoms with Crippen molar-refractivity contribution >= 4 is 0 Å². The first-order chi connectivity index (χ1) is 9.58. The Bertz CT molecular complexity index is 476. The van der Waals surface area contributed by atoms with Gasteiger partial charge in [-0.3, -0.25) is 0 Å². The number of rotatable bonds is 3. The number of nitrogens with zero attached hydrogens (tertiary/aromatic N) is 1. The zero-order valence-corrected chi connectivity index (χ0v) is 12.6. The number of para-hydroxylation sites is 1. The van der Waals surface area contributed by atoms with Gasteiger partial charge in [0.25, 0.3) is 0 Å². The Morgan fingerprint density at radius 2 is 2.05 bits per heavy atom. The van der Waals surface area contributed by atoms with Crippen LogP contribution in [0.2, 0.25) is 0 Å². The van der Waals surface area contributed by atoms with Gasteiger partial charge >= 0.3 is 0 Å². The molecule has 3 nitrogen and oxygen atoms in total. The molecule has 0 spiro atoms. The van der Waals surface area contributed by atoms with E-state index in [1.165, 1.54) is 5.56 Å². The molecule has 0 aliphatic carbocycles. The number of fused-ring (bicyclic) bond motifs is 1. The molecule has 1 aromatic rings. The largest absolute Gasteiger partial charge is 0.493 e. The van der Waals surface area contributed by atoms with Gasteiger partial charge < -0.3 is 14.7 Å². The summed E-state index contributed by atoms with van der Waals surface area (Å²) in [5.41, 5.74) is 1.56. The van der Waals surface area contributed by atoms with E-state index in [9.17, 15) is 5.11 Å². The molecule has 1 fully saturated rings. The van der Waals surface area contributed by atoms with Crippen molar-refractivity contribution in [3.05, 3.63) is 29.3 Å². The van der Waals surface area contributed by atoms with Crippen LogP contribution in [0, 0.1) is 5.92 Å². The van der Waals surface area contributed by atoms with E-state index in [1.807, 2.05) is 6.07 Å². The van der Waals surface area contributed by atoms with Crippen molar-refractivity contribution in [1.82, 2.24) is 4.90 Å². The first kappa shape index (κ1) is 13.9. The van der Waals surface area contributed by atoms with Crippen LogP contribution in [0.15, 0.2) is 18.2 Å². The van der Waals surface area contributed by atoms with E-state index in [0.29, 0.717) is 5.92 Å². The van der Waals surface area contributed by atoms with Crippen LogP contribution in [-0.2, 0) is 12.0 Å². The van der Waals surface area contributed by atoms with Crippen molar-refractivity contribution in [2.75, 3.05) is 26.2 Å². The summed E-state index contributed by atoms with van der Waals surface area (Å²) in [5.74, 6) is 1.64. The van der Waals surface area contributed by atoms with Crippen LogP contribution < -0.4 is 4.74 Å². The van der Waals surface area contributed by atoms with Crippen LogP contribution in [0.3, 0.4) is 0 Å². The van der Waals surface area contributed by atoms with E-state index in [1.54, 1.807) is 0 Å². The fourth-order valence-corrected chi connectivity index (χ4v) is 3.47. The highest BCUT2D eigenvalue weighted by Crippen LogP contribution is 2.41. The lowest BCUT2D eigenvalue weighted by Gasteiger charge is -2.39. The lowest BCUT2D eigenvalue weighted by molar-refractivity contribution is -0.0294. The molecule has 2 aliphatic heterocycles. The zero-order valence-electron chi connectivity index (χ0n) is 12.6. The van der Waals surface area contributed by atoms with E-state index >= 15 is 0 Å². The van der Waals surface area contributed by atoms with E-state index in [4.69, 9.17) is 4.74 Å². The standard InChI is InChI=1S/C17H25NO2/c1-13(2)12-18-9-7-17(19,8-10-18)15-5-3-4-14-6-11-20-16(14)15/h3-5,13,19H,6-12H2,1-2H3. The predicted octanol–water partition coefficient (Wildman–Crippen LogP) is 2.56. The molecule has 20 heavy (non-hydrogen) atoms. The topological polar surface area (TPSA) is 32.7 Å². The molecule has 2 heterocycles. The number of hydrogen-bond donors (Lipinski definition) is 1. The number of benzene rings is 1. The molecule has 0 saturated carbocycles. The minimum absolute atomic E-state index is 0.686. The fraction of sp³-hybridized carbons (Fsp3) is 0.647. The molecule has 1 saturated heterocycles. The number of piperidine rings is 1. The van der Waals surface area contributed by atoms with E-state index < -0.39 is 5.60 Å². The quantitative estimate of drug-likeness (QED) is 0.920. The van der Waals surface area contributed by atoms with Crippen LogP contribution in [-0.4, -0.2) is 36.2 Å².